The Morgan fingerprint density at radius 3 is 2.54 bits per heavy atom. The van der Waals surface area contributed by atoms with Gasteiger partial charge in [-0.1, -0.05) is 29.8 Å². The van der Waals surface area contributed by atoms with E-state index in [-0.39, 0.29) is 23.5 Å². The number of ether oxygens (including phenoxy) is 1. The summed E-state index contributed by atoms with van der Waals surface area (Å²) in [5.41, 5.74) is 0.0500. The van der Waals surface area contributed by atoms with Gasteiger partial charge in [0.15, 0.2) is 0 Å². The van der Waals surface area contributed by atoms with Crippen molar-refractivity contribution in [3.05, 3.63) is 34.1 Å². The second-order valence-corrected chi connectivity index (χ2v) is 7.14. The topological polar surface area (TPSA) is 49.9 Å². The summed E-state index contributed by atoms with van der Waals surface area (Å²) in [7, 11) is 0. The van der Waals surface area contributed by atoms with Crippen LogP contribution in [0.25, 0.3) is 0 Å². The summed E-state index contributed by atoms with van der Waals surface area (Å²) in [5.74, 6) is -0.622. The van der Waals surface area contributed by atoms with Gasteiger partial charge in [0.05, 0.1) is 12.2 Å². The van der Waals surface area contributed by atoms with Crippen LogP contribution in [0.3, 0.4) is 0 Å². The number of halogens is 2. The summed E-state index contributed by atoms with van der Waals surface area (Å²) in [4.78, 5) is 27.7. The van der Waals surface area contributed by atoms with Gasteiger partial charge in [0.25, 0.3) is 5.91 Å². The van der Waals surface area contributed by atoms with Gasteiger partial charge in [0.1, 0.15) is 5.82 Å². The van der Waals surface area contributed by atoms with E-state index < -0.39 is 5.82 Å². The van der Waals surface area contributed by atoms with Gasteiger partial charge in [-0.15, -0.1) is 0 Å². The zero-order valence-electron chi connectivity index (χ0n) is 13.9. The monoisotopic (exact) mass is 400 g/mol. The average Bonchev–Trinajstić information content (AvgIpc) is 2.78. The molecule has 1 heterocycles. The zero-order valence-corrected chi connectivity index (χ0v) is 15.5. The van der Waals surface area contributed by atoms with Crippen LogP contribution in [0.2, 0.25) is 0 Å². The minimum Gasteiger partial charge on any atom is -0.449 e. The highest BCUT2D eigenvalue weighted by atomic mass is 79.9. The van der Waals surface area contributed by atoms with E-state index in [9.17, 15) is 14.0 Å². The lowest BCUT2D eigenvalue weighted by Gasteiger charge is -2.22. The van der Waals surface area contributed by atoms with Crippen LogP contribution in [0, 0.1) is 11.7 Å². The predicted octanol–water partition coefficient (Wildman–Crippen LogP) is 3.53. The fourth-order valence-corrected chi connectivity index (χ4v) is 2.80. The Hall–Kier alpha value is -1.63. The van der Waals surface area contributed by atoms with Gasteiger partial charge in [0.2, 0.25) is 0 Å². The number of hydrogen-bond acceptors (Lipinski definition) is 3. The van der Waals surface area contributed by atoms with Gasteiger partial charge in [-0.3, -0.25) is 4.79 Å². The summed E-state index contributed by atoms with van der Waals surface area (Å²) >= 11 is 3.18. The van der Waals surface area contributed by atoms with Crippen molar-refractivity contribution in [2.24, 2.45) is 5.92 Å². The number of carbonyl (C=O) groups is 2. The summed E-state index contributed by atoms with van der Waals surface area (Å²) in [6.45, 7) is 6.10. The molecule has 24 heavy (non-hydrogen) atoms. The van der Waals surface area contributed by atoms with E-state index in [1.807, 2.05) is 13.8 Å². The first-order valence-corrected chi connectivity index (χ1v) is 8.84. The molecule has 5 nitrogen and oxygen atoms in total. The Balaban J connectivity index is 1.97. The molecule has 0 N–H and O–H groups in total. The van der Waals surface area contributed by atoms with Crippen molar-refractivity contribution in [3.63, 3.8) is 0 Å². The lowest BCUT2D eigenvalue weighted by Crippen LogP contribution is -2.38. The number of rotatable bonds is 3. The third-order valence-corrected chi connectivity index (χ3v) is 4.24. The van der Waals surface area contributed by atoms with E-state index in [2.05, 4.69) is 15.9 Å². The van der Waals surface area contributed by atoms with Gasteiger partial charge in [-0.25, -0.2) is 9.18 Å². The van der Waals surface area contributed by atoms with Crippen molar-refractivity contribution < 1.29 is 18.7 Å². The van der Waals surface area contributed by atoms with Crippen LogP contribution >= 0.6 is 15.9 Å². The third kappa shape index (κ3) is 4.93. The lowest BCUT2D eigenvalue weighted by molar-refractivity contribution is 0.0742. The molecule has 1 aromatic carbocycles. The molecule has 0 atom stereocenters. The Morgan fingerprint density at radius 1 is 1.21 bits per heavy atom. The summed E-state index contributed by atoms with van der Waals surface area (Å²) in [6.07, 6.45) is 0.286. The summed E-state index contributed by atoms with van der Waals surface area (Å²) in [6, 6.07) is 4.39. The van der Waals surface area contributed by atoms with Crippen LogP contribution in [0.15, 0.2) is 22.7 Å². The third-order valence-electron chi connectivity index (χ3n) is 3.74. The number of benzene rings is 1. The molecule has 132 valence electrons. The van der Waals surface area contributed by atoms with Crippen molar-refractivity contribution >= 4 is 27.9 Å². The van der Waals surface area contributed by atoms with Gasteiger partial charge in [-0.2, -0.15) is 0 Å². The van der Waals surface area contributed by atoms with E-state index in [0.717, 1.165) is 0 Å². The highest BCUT2D eigenvalue weighted by Gasteiger charge is 2.25. The van der Waals surface area contributed by atoms with Gasteiger partial charge >= 0.3 is 6.09 Å². The molecule has 1 saturated heterocycles. The average molecular weight is 401 g/mol. The maximum Gasteiger partial charge on any atom is 0.409 e. The maximum absolute atomic E-state index is 14.0. The molecular weight excluding hydrogens is 379 g/mol. The van der Waals surface area contributed by atoms with Crippen LogP contribution in [-0.4, -0.2) is 54.6 Å². The van der Waals surface area contributed by atoms with Crippen LogP contribution in [0.4, 0.5) is 9.18 Å². The van der Waals surface area contributed by atoms with Gasteiger partial charge < -0.3 is 14.5 Å². The zero-order chi connectivity index (χ0) is 17.7. The fourth-order valence-electron chi connectivity index (χ4n) is 2.47. The molecule has 0 radical (unpaired) electrons. The second-order valence-electron chi connectivity index (χ2n) is 6.23. The highest BCUT2D eigenvalue weighted by molar-refractivity contribution is 9.10. The van der Waals surface area contributed by atoms with E-state index >= 15 is 0 Å². The molecule has 2 rings (SSSR count). The number of nitrogens with zero attached hydrogens (tertiary/aromatic N) is 2. The van der Waals surface area contributed by atoms with Crippen LogP contribution in [-0.2, 0) is 4.74 Å². The Bertz CT molecular complexity index is 609. The summed E-state index contributed by atoms with van der Waals surface area (Å²) < 4.78 is 19.8. The van der Waals surface area contributed by atoms with Crippen LogP contribution in [0.1, 0.15) is 30.6 Å². The molecule has 0 spiro atoms. The summed E-state index contributed by atoms with van der Waals surface area (Å²) in [5, 5.41) is 0. The molecule has 0 bridgehead atoms. The molecule has 0 aliphatic carbocycles. The predicted molar refractivity (Wildman–Crippen MR) is 92.4 cm³/mol. The second kappa shape index (κ2) is 8.46. The number of amides is 2. The van der Waals surface area contributed by atoms with Crippen molar-refractivity contribution in [1.82, 2.24) is 9.80 Å². The van der Waals surface area contributed by atoms with E-state index in [1.54, 1.807) is 15.9 Å². The number of hydrogen-bond donors (Lipinski definition) is 0. The van der Waals surface area contributed by atoms with Crippen LogP contribution in [0.5, 0.6) is 0 Å². The molecule has 2 amide bonds. The highest BCUT2D eigenvalue weighted by Crippen LogP contribution is 2.18. The quantitative estimate of drug-likeness (QED) is 0.779. The van der Waals surface area contributed by atoms with Gasteiger partial charge in [-0.05, 0) is 30.5 Å². The first-order valence-electron chi connectivity index (χ1n) is 8.04. The van der Waals surface area contributed by atoms with Gasteiger partial charge in [0, 0.05) is 30.7 Å². The first kappa shape index (κ1) is 18.7. The molecule has 1 aliphatic heterocycles. The minimum atomic E-state index is -0.549. The standard InChI is InChI=1S/C17H22BrFN2O3/c1-12(2)11-24-17(23)21-7-3-6-20(8-9-21)16(22)14-5-4-13(18)10-15(14)19/h4-5,10,12H,3,6-9,11H2,1-2H3. The minimum absolute atomic E-state index is 0.0500. The molecule has 0 unspecified atom stereocenters. The molecule has 7 heteroatoms. The largest absolute Gasteiger partial charge is 0.449 e. The maximum atomic E-state index is 14.0. The van der Waals surface area contributed by atoms with Crippen molar-refractivity contribution in [1.29, 1.82) is 0 Å². The molecule has 1 fully saturated rings. The Morgan fingerprint density at radius 2 is 1.88 bits per heavy atom. The van der Waals surface area contributed by atoms with Crippen molar-refractivity contribution in [2.45, 2.75) is 20.3 Å². The first-order chi connectivity index (χ1) is 11.4. The van der Waals surface area contributed by atoms with E-state index in [4.69, 9.17) is 4.74 Å². The molecule has 0 saturated carbocycles. The Kier molecular flexibility index (Phi) is 6.60. The number of carbonyl (C=O) groups excluding carboxylic acids is 2. The molecule has 1 aromatic rings. The lowest BCUT2D eigenvalue weighted by atomic mass is 10.2. The van der Waals surface area contributed by atoms with Crippen molar-refractivity contribution in [3.8, 4) is 0 Å². The molecular formula is C17H22BrFN2O3. The van der Waals surface area contributed by atoms with Crippen molar-refractivity contribution in [2.75, 3.05) is 32.8 Å². The smallest absolute Gasteiger partial charge is 0.409 e. The van der Waals surface area contributed by atoms with E-state index in [0.29, 0.717) is 43.7 Å². The fraction of sp³-hybridized carbons (Fsp3) is 0.529. The van der Waals surface area contributed by atoms with Crippen LogP contribution < -0.4 is 0 Å². The van der Waals surface area contributed by atoms with E-state index in [1.165, 1.54) is 12.1 Å². The SMILES string of the molecule is CC(C)COC(=O)N1CCCN(C(=O)c2ccc(Br)cc2F)CC1. The molecule has 1 aliphatic rings. The Labute approximate surface area is 149 Å². The normalized spacial score (nSPS) is 15.4. The molecule has 0 aromatic heterocycles.